The summed E-state index contributed by atoms with van der Waals surface area (Å²) >= 11 is 0. The van der Waals surface area contributed by atoms with Crippen molar-refractivity contribution >= 4 is 5.88 Å². The number of hydrogen-bond donors (Lipinski definition) is 1. The Bertz CT molecular complexity index is 812. The van der Waals surface area contributed by atoms with E-state index in [1.807, 2.05) is 0 Å². The number of benzene rings is 2. The van der Waals surface area contributed by atoms with Gasteiger partial charge in [0.2, 0.25) is 5.88 Å². The topological polar surface area (TPSA) is 52.0 Å². The molecule has 0 aliphatic rings. The first-order chi connectivity index (χ1) is 10.1. The van der Waals surface area contributed by atoms with Crippen LogP contribution in [0.5, 0.6) is 0 Å². The van der Waals surface area contributed by atoms with Gasteiger partial charge in [-0.2, -0.15) is 0 Å². The highest BCUT2D eigenvalue weighted by Gasteiger charge is 2.22. The van der Waals surface area contributed by atoms with Crippen LogP contribution in [0.3, 0.4) is 0 Å². The van der Waals surface area contributed by atoms with Gasteiger partial charge in [0.05, 0.1) is 5.56 Å². The van der Waals surface area contributed by atoms with Gasteiger partial charge in [0.1, 0.15) is 17.3 Å². The van der Waals surface area contributed by atoms with E-state index < -0.39 is 11.6 Å². The van der Waals surface area contributed by atoms with E-state index in [1.165, 1.54) is 6.07 Å². The maximum Gasteiger partial charge on any atom is 0.230 e. The molecule has 0 atom stereocenters. The third-order valence-corrected chi connectivity index (χ3v) is 3.31. The molecule has 0 bridgehead atoms. The maximum atomic E-state index is 14.3. The van der Waals surface area contributed by atoms with Crippen molar-refractivity contribution in [3.05, 3.63) is 59.7 Å². The third-order valence-electron chi connectivity index (χ3n) is 3.31. The number of hydrogen-bond acceptors (Lipinski definition) is 3. The van der Waals surface area contributed by atoms with Crippen LogP contribution in [0.2, 0.25) is 0 Å². The van der Waals surface area contributed by atoms with Crippen LogP contribution < -0.4 is 5.73 Å². The van der Waals surface area contributed by atoms with Crippen molar-refractivity contribution in [2.75, 3.05) is 5.73 Å². The molecule has 3 nitrogen and oxygen atoms in total. The highest BCUT2D eigenvalue weighted by molar-refractivity contribution is 5.87. The van der Waals surface area contributed by atoms with Crippen LogP contribution in [-0.2, 0) is 0 Å². The Morgan fingerprint density at radius 1 is 1.00 bits per heavy atom. The number of aryl methyl sites for hydroxylation is 1. The van der Waals surface area contributed by atoms with E-state index in [2.05, 4.69) is 5.16 Å². The van der Waals surface area contributed by atoms with Gasteiger partial charge in [-0.1, -0.05) is 35.5 Å². The summed E-state index contributed by atoms with van der Waals surface area (Å²) in [5, 5.41) is 3.80. The van der Waals surface area contributed by atoms with E-state index in [0.717, 1.165) is 0 Å². The first kappa shape index (κ1) is 13.3. The molecule has 0 radical (unpaired) electrons. The smallest absolute Gasteiger partial charge is 0.230 e. The Balaban J connectivity index is 2.28. The minimum atomic E-state index is -0.471. The minimum absolute atomic E-state index is 0.0454. The highest BCUT2D eigenvalue weighted by atomic mass is 19.1. The van der Waals surface area contributed by atoms with Gasteiger partial charge in [-0.25, -0.2) is 8.78 Å². The average Bonchev–Trinajstić information content (AvgIpc) is 2.84. The summed E-state index contributed by atoms with van der Waals surface area (Å²) in [4.78, 5) is 0. The number of aromatic nitrogens is 1. The van der Waals surface area contributed by atoms with Crippen molar-refractivity contribution < 1.29 is 13.3 Å². The Kier molecular flexibility index (Phi) is 3.17. The normalized spacial score (nSPS) is 10.8. The molecule has 21 heavy (non-hydrogen) atoms. The van der Waals surface area contributed by atoms with Gasteiger partial charge in [0.15, 0.2) is 0 Å². The fourth-order valence-corrected chi connectivity index (χ4v) is 2.24. The molecule has 3 aromatic rings. The largest absolute Gasteiger partial charge is 0.367 e. The maximum absolute atomic E-state index is 14.3. The fraction of sp³-hybridized carbons (Fsp3) is 0.0625. The van der Waals surface area contributed by atoms with Gasteiger partial charge < -0.3 is 10.3 Å². The number of anilines is 1. The molecular weight excluding hydrogens is 274 g/mol. The SMILES string of the molecule is Cc1cccc(-c2noc(N)c2-c2ccccc2F)c1F. The van der Waals surface area contributed by atoms with Crippen molar-refractivity contribution in [2.45, 2.75) is 6.92 Å². The summed E-state index contributed by atoms with van der Waals surface area (Å²) in [7, 11) is 0. The van der Waals surface area contributed by atoms with E-state index in [1.54, 1.807) is 43.3 Å². The van der Waals surface area contributed by atoms with Crippen LogP contribution in [0.4, 0.5) is 14.7 Å². The molecule has 2 N–H and O–H groups in total. The average molecular weight is 286 g/mol. The second-order valence-electron chi connectivity index (χ2n) is 4.69. The Labute approximate surface area is 120 Å². The molecule has 0 fully saturated rings. The zero-order chi connectivity index (χ0) is 15.0. The molecule has 106 valence electrons. The van der Waals surface area contributed by atoms with Crippen LogP contribution in [0.15, 0.2) is 47.0 Å². The predicted octanol–water partition coefficient (Wildman–Crippen LogP) is 4.18. The van der Waals surface area contributed by atoms with E-state index in [-0.39, 0.29) is 28.3 Å². The van der Waals surface area contributed by atoms with Gasteiger partial charge in [-0.3, -0.25) is 0 Å². The number of nitrogens with two attached hydrogens (primary N) is 1. The van der Waals surface area contributed by atoms with Crippen molar-refractivity contribution in [1.82, 2.24) is 5.16 Å². The molecule has 5 heteroatoms. The molecule has 3 rings (SSSR count). The van der Waals surface area contributed by atoms with Crippen molar-refractivity contribution in [3.63, 3.8) is 0 Å². The van der Waals surface area contributed by atoms with Crippen LogP contribution >= 0.6 is 0 Å². The summed E-state index contributed by atoms with van der Waals surface area (Å²) in [6.07, 6.45) is 0. The standard InChI is InChI=1S/C16H12F2N2O/c1-9-5-4-7-11(14(9)18)15-13(16(19)21-20-15)10-6-2-3-8-12(10)17/h2-8H,19H2,1H3. The third kappa shape index (κ3) is 2.16. The quantitative estimate of drug-likeness (QED) is 0.769. The molecule has 1 aromatic heterocycles. The molecule has 0 saturated carbocycles. The number of nitrogen functional groups attached to an aromatic ring is 1. The summed E-state index contributed by atoms with van der Waals surface area (Å²) in [5.41, 5.74) is 7.13. The number of rotatable bonds is 2. The van der Waals surface area contributed by atoms with Crippen LogP contribution in [0.1, 0.15) is 5.56 Å². The van der Waals surface area contributed by atoms with E-state index in [0.29, 0.717) is 5.56 Å². The van der Waals surface area contributed by atoms with Crippen LogP contribution in [0, 0.1) is 18.6 Å². The number of halogens is 2. The molecule has 1 heterocycles. The monoisotopic (exact) mass is 286 g/mol. The number of nitrogens with zero attached hydrogens (tertiary/aromatic N) is 1. The zero-order valence-electron chi connectivity index (χ0n) is 11.2. The fourth-order valence-electron chi connectivity index (χ4n) is 2.24. The van der Waals surface area contributed by atoms with E-state index >= 15 is 0 Å². The zero-order valence-corrected chi connectivity index (χ0v) is 11.2. The second-order valence-corrected chi connectivity index (χ2v) is 4.69. The van der Waals surface area contributed by atoms with Gasteiger partial charge in [-0.05, 0) is 24.6 Å². The summed E-state index contributed by atoms with van der Waals surface area (Å²) in [6.45, 7) is 1.64. The second kappa shape index (κ2) is 5.01. The van der Waals surface area contributed by atoms with Gasteiger partial charge in [0, 0.05) is 11.1 Å². The molecule has 0 aliphatic heterocycles. The first-order valence-electron chi connectivity index (χ1n) is 6.35. The lowest BCUT2D eigenvalue weighted by atomic mass is 9.99. The molecule has 0 unspecified atom stereocenters. The minimum Gasteiger partial charge on any atom is -0.367 e. The molecule has 2 aromatic carbocycles. The summed E-state index contributed by atoms with van der Waals surface area (Å²) in [5.74, 6) is -0.943. The summed E-state index contributed by atoms with van der Waals surface area (Å²) < 4.78 is 33.2. The Morgan fingerprint density at radius 2 is 1.71 bits per heavy atom. The highest BCUT2D eigenvalue weighted by Crippen LogP contribution is 2.38. The molecule has 0 amide bonds. The molecular formula is C16H12F2N2O. The molecule has 0 spiro atoms. The van der Waals surface area contributed by atoms with Gasteiger partial charge >= 0.3 is 0 Å². The van der Waals surface area contributed by atoms with Crippen LogP contribution in [-0.4, -0.2) is 5.16 Å². The van der Waals surface area contributed by atoms with Gasteiger partial charge in [-0.15, -0.1) is 0 Å². The Morgan fingerprint density at radius 3 is 2.48 bits per heavy atom. The van der Waals surface area contributed by atoms with Crippen molar-refractivity contribution in [3.8, 4) is 22.4 Å². The molecule has 0 aliphatic carbocycles. The lowest BCUT2D eigenvalue weighted by molar-refractivity contribution is 0.439. The first-order valence-corrected chi connectivity index (χ1v) is 6.35. The van der Waals surface area contributed by atoms with Crippen molar-refractivity contribution in [2.24, 2.45) is 0 Å². The molecule has 0 saturated heterocycles. The van der Waals surface area contributed by atoms with Crippen molar-refractivity contribution in [1.29, 1.82) is 0 Å². The Hall–Kier alpha value is -2.69. The predicted molar refractivity (Wildman–Crippen MR) is 76.4 cm³/mol. The van der Waals surface area contributed by atoms with Crippen LogP contribution in [0.25, 0.3) is 22.4 Å². The lowest BCUT2D eigenvalue weighted by Gasteiger charge is -2.06. The van der Waals surface area contributed by atoms with E-state index in [4.69, 9.17) is 10.3 Å². The lowest BCUT2D eigenvalue weighted by Crippen LogP contribution is -1.93. The van der Waals surface area contributed by atoms with E-state index in [9.17, 15) is 8.78 Å². The summed E-state index contributed by atoms with van der Waals surface area (Å²) in [6, 6.07) is 11.0. The van der Waals surface area contributed by atoms with Gasteiger partial charge in [0.25, 0.3) is 0 Å².